The van der Waals surface area contributed by atoms with Gasteiger partial charge in [0.1, 0.15) is 5.75 Å². The molecule has 1 aromatic carbocycles. The Morgan fingerprint density at radius 1 is 1.16 bits per heavy atom. The van der Waals surface area contributed by atoms with E-state index in [1.807, 2.05) is 30.3 Å². The molecule has 2 aliphatic carbocycles. The van der Waals surface area contributed by atoms with Gasteiger partial charge in [-0.25, -0.2) is 0 Å². The summed E-state index contributed by atoms with van der Waals surface area (Å²) < 4.78 is 5.21. The number of fused-ring (bicyclic) bond motifs is 1. The third-order valence-corrected chi connectivity index (χ3v) is 5.25. The zero-order valence-corrected chi connectivity index (χ0v) is 14.0. The van der Waals surface area contributed by atoms with Gasteiger partial charge in [-0.1, -0.05) is 18.2 Å². The van der Waals surface area contributed by atoms with E-state index in [0.717, 1.165) is 36.1 Å². The minimum atomic E-state index is -1.53. The molecular formula is C20H18N4O. The van der Waals surface area contributed by atoms with Crippen molar-refractivity contribution in [2.75, 3.05) is 7.11 Å². The third-order valence-electron chi connectivity index (χ3n) is 5.25. The van der Waals surface area contributed by atoms with Gasteiger partial charge in [0.15, 0.2) is 0 Å². The van der Waals surface area contributed by atoms with Crippen molar-refractivity contribution in [3.8, 4) is 24.0 Å². The Bertz CT molecular complexity index is 860. The number of nitrogens with two attached hydrogens (primary N) is 1. The van der Waals surface area contributed by atoms with Crippen LogP contribution in [0.3, 0.4) is 0 Å². The first-order valence-electron chi connectivity index (χ1n) is 8.20. The van der Waals surface area contributed by atoms with E-state index >= 15 is 0 Å². The molecule has 0 aromatic heterocycles. The lowest BCUT2D eigenvalue weighted by Crippen LogP contribution is -2.40. The Labute approximate surface area is 147 Å². The molecule has 1 aromatic rings. The Kier molecular flexibility index (Phi) is 4.22. The summed E-state index contributed by atoms with van der Waals surface area (Å²) >= 11 is 0. The minimum Gasteiger partial charge on any atom is -0.497 e. The molecule has 0 saturated heterocycles. The average Bonchev–Trinajstić information content (AvgIpc) is 2.68. The molecule has 0 radical (unpaired) electrons. The van der Waals surface area contributed by atoms with Gasteiger partial charge in [0.25, 0.3) is 0 Å². The van der Waals surface area contributed by atoms with Gasteiger partial charge < -0.3 is 10.5 Å². The monoisotopic (exact) mass is 330 g/mol. The predicted molar refractivity (Wildman–Crippen MR) is 91.6 cm³/mol. The summed E-state index contributed by atoms with van der Waals surface area (Å²) in [5.41, 5.74) is 6.80. The highest BCUT2D eigenvalue weighted by molar-refractivity contribution is 5.58. The highest BCUT2D eigenvalue weighted by Gasteiger charge is 2.51. The van der Waals surface area contributed by atoms with Crippen molar-refractivity contribution < 1.29 is 4.74 Å². The number of benzene rings is 1. The van der Waals surface area contributed by atoms with Crippen molar-refractivity contribution in [2.45, 2.75) is 25.2 Å². The molecule has 25 heavy (non-hydrogen) atoms. The first-order valence-corrected chi connectivity index (χ1v) is 8.20. The molecule has 124 valence electrons. The smallest absolute Gasteiger partial charge is 0.204 e. The molecule has 5 nitrogen and oxygen atoms in total. The fraction of sp³-hybridized carbons (Fsp3) is 0.350. The lowest BCUT2D eigenvalue weighted by molar-refractivity contribution is 0.389. The molecule has 2 N–H and O–H groups in total. The second kappa shape index (κ2) is 6.34. The SMILES string of the molecule is COc1ccc(C2C(C#N)=C(N)C(C#N)(C#N)C3=CCCCC32)cc1. The molecule has 0 bridgehead atoms. The second-order valence-electron chi connectivity index (χ2n) is 6.36. The van der Waals surface area contributed by atoms with Gasteiger partial charge in [0, 0.05) is 5.92 Å². The molecule has 5 heteroatoms. The fourth-order valence-corrected chi connectivity index (χ4v) is 4.02. The topological polar surface area (TPSA) is 107 Å². The molecule has 2 aliphatic rings. The highest BCUT2D eigenvalue weighted by Crippen LogP contribution is 2.54. The largest absolute Gasteiger partial charge is 0.497 e. The standard InChI is InChI=1S/C20H18N4O/c1-25-14-8-6-13(7-9-14)18-15-4-2-3-5-17(15)20(11-22,12-23)19(24)16(18)10-21/h5-9,15,18H,2-4,24H2,1H3. The Balaban J connectivity index is 2.25. The predicted octanol–water partition coefficient (Wildman–Crippen LogP) is 3.29. The van der Waals surface area contributed by atoms with Gasteiger partial charge in [-0.3, -0.25) is 0 Å². The molecule has 0 heterocycles. The van der Waals surface area contributed by atoms with Crippen molar-refractivity contribution in [1.29, 1.82) is 15.8 Å². The summed E-state index contributed by atoms with van der Waals surface area (Å²) in [6.07, 6.45) is 4.58. The number of allylic oxidation sites excluding steroid dienone is 3. The summed E-state index contributed by atoms with van der Waals surface area (Å²) in [6.45, 7) is 0. The highest BCUT2D eigenvalue weighted by atomic mass is 16.5. The molecule has 0 amide bonds. The van der Waals surface area contributed by atoms with E-state index in [1.165, 1.54) is 0 Å². The van der Waals surface area contributed by atoms with Gasteiger partial charge in [0.05, 0.1) is 36.6 Å². The summed E-state index contributed by atoms with van der Waals surface area (Å²) in [5, 5.41) is 29.2. The van der Waals surface area contributed by atoms with E-state index in [1.54, 1.807) is 7.11 Å². The van der Waals surface area contributed by atoms with E-state index < -0.39 is 5.41 Å². The maximum atomic E-state index is 9.76. The number of nitriles is 3. The summed E-state index contributed by atoms with van der Waals surface area (Å²) in [5.74, 6) is 0.429. The van der Waals surface area contributed by atoms with Crippen molar-refractivity contribution >= 4 is 0 Å². The van der Waals surface area contributed by atoms with Gasteiger partial charge in [-0.15, -0.1) is 0 Å². The summed E-state index contributed by atoms with van der Waals surface area (Å²) in [6, 6.07) is 13.9. The molecule has 2 atom stereocenters. The van der Waals surface area contributed by atoms with Crippen LogP contribution in [-0.4, -0.2) is 7.11 Å². The van der Waals surface area contributed by atoms with Crippen LogP contribution in [0.2, 0.25) is 0 Å². The normalized spacial score (nSPS) is 24.2. The zero-order chi connectivity index (χ0) is 18.0. The van der Waals surface area contributed by atoms with Crippen LogP contribution in [0.5, 0.6) is 5.75 Å². The number of rotatable bonds is 2. The van der Waals surface area contributed by atoms with Crippen LogP contribution in [-0.2, 0) is 0 Å². The molecule has 2 unspecified atom stereocenters. The van der Waals surface area contributed by atoms with E-state index in [0.29, 0.717) is 5.57 Å². The van der Waals surface area contributed by atoms with E-state index in [-0.39, 0.29) is 17.5 Å². The van der Waals surface area contributed by atoms with Crippen LogP contribution in [0, 0.1) is 45.3 Å². The van der Waals surface area contributed by atoms with Gasteiger partial charge in [-0.2, -0.15) is 15.8 Å². The quantitative estimate of drug-likeness (QED) is 0.837. The number of methoxy groups -OCH3 is 1. The van der Waals surface area contributed by atoms with Crippen LogP contribution in [0.1, 0.15) is 30.7 Å². The van der Waals surface area contributed by atoms with Gasteiger partial charge >= 0.3 is 0 Å². The molecule has 0 fully saturated rings. The van der Waals surface area contributed by atoms with Crippen LogP contribution < -0.4 is 10.5 Å². The average molecular weight is 330 g/mol. The summed E-state index contributed by atoms with van der Waals surface area (Å²) in [4.78, 5) is 0. The maximum Gasteiger partial charge on any atom is 0.204 e. The fourth-order valence-electron chi connectivity index (χ4n) is 4.02. The number of nitrogens with zero attached hydrogens (tertiary/aromatic N) is 3. The summed E-state index contributed by atoms with van der Waals surface area (Å²) in [7, 11) is 1.60. The van der Waals surface area contributed by atoms with Crippen LogP contribution in [0.15, 0.2) is 47.2 Å². The molecular weight excluding hydrogens is 312 g/mol. The van der Waals surface area contributed by atoms with Crippen molar-refractivity contribution in [3.63, 3.8) is 0 Å². The molecule has 0 saturated carbocycles. The Morgan fingerprint density at radius 2 is 1.84 bits per heavy atom. The lowest BCUT2D eigenvalue weighted by atomic mass is 9.58. The third kappa shape index (κ3) is 2.35. The van der Waals surface area contributed by atoms with Crippen molar-refractivity contribution in [3.05, 3.63) is 52.7 Å². The van der Waals surface area contributed by atoms with Crippen LogP contribution in [0.4, 0.5) is 0 Å². The van der Waals surface area contributed by atoms with E-state index in [9.17, 15) is 15.8 Å². The van der Waals surface area contributed by atoms with Gasteiger partial charge in [-0.05, 0) is 48.4 Å². The Hall–Kier alpha value is -3.23. The van der Waals surface area contributed by atoms with Gasteiger partial charge in [0.2, 0.25) is 5.41 Å². The molecule has 3 rings (SSSR count). The van der Waals surface area contributed by atoms with Crippen molar-refractivity contribution in [1.82, 2.24) is 0 Å². The molecule has 0 aliphatic heterocycles. The lowest BCUT2D eigenvalue weighted by Gasteiger charge is -2.42. The minimum absolute atomic E-state index is 0.0663. The number of hydrogen-bond donors (Lipinski definition) is 1. The van der Waals surface area contributed by atoms with E-state index in [4.69, 9.17) is 10.5 Å². The Morgan fingerprint density at radius 3 is 2.40 bits per heavy atom. The first-order chi connectivity index (χ1) is 12.1. The second-order valence-corrected chi connectivity index (χ2v) is 6.36. The maximum absolute atomic E-state index is 9.76. The zero-order valence-electron chi connectivity index (χ0n) is 14.0. The van der Waals surface area contributed by atoms with Crippen LogP contribution in [0.25, 0.3) is 0 Å². The number of ether oxygens (including phenoxy) is 1. The van der Waals surface area contributed by atoms with E-state index in [2.05, 4.69) is 18.2 Å². The first kappa shape index (κ1) is 16.6. The number of hydrogen-bond acceptors (Lipinski definition) is 5. The van der Waals surface area contributed by atoms with Crippen molar-refractivity contribution in [2.24, 2.45) is 17.1 Å². The van der Waals surface area contributed by atoms with Crippen LogP contribution >= 0.6 is 0 Å². The molecule has 0 spiro atoms.